The Morgan fingerprint density at radius 2 is 1.89 bits per heavy atom. The van der Waals surface area contributed by atoms with Crippen LogP contribution in [0.2, 0.25) is 0 Å². The first kappa shape index (κ1) is 15.4. The van der Waals surface area contributed by atoms with Crippen LogP contribution in [0.25, 0.3) is 0 Å². The minimum atomic E-state index is -0.677. The fourth-order valence-electron chi connectivity index (χ4n) is 2.44. The molecule has 1 rings (SSSR count). The second-order valence-corrected chi connectivity index (χ2v) is 5.57. The van der Waals surface area contributed by atoms with Gasteiger partial charge in [-0.2, -0.15) is 0 Å². The molecule has 0 radical (unpaired) electrons. The zero-order chi connectivity index (χ0) is 13.4. The zero-order valence-electron chi connectivity index (χ0n) is 11.8. The van der Waals surface area contributed by atoms with Gasteiger partial charge in [0, 0.05) is 19.0 Å². The smallest absolute Gasteiger partial charge is 0.224 e. The standard InChI is InChI=1S/C14H28N2O2/c1-3-15-10-12(2)13(17)16-11-14(18)8-6-4-5-7-9-14/h12,15,18H,3-11H2,1-2H3,(H,16,17). The van der Waals surface area contributed by atoms with E-state index in [4.69, 9.17) is 0 Å². The first-order valence-corrected chi connectivity index (χ1v) is 7.28. The van der Waals surface area contributed by atoms with Crippen molar-refractivity contribution in [1.29, 1.82) is 0 Å². The Hall–Kier alpha value is -0.610. The highest BCUT2D eigenvalue weighted by atomic mass is 16.3. The minimum absolute atomic E-state index is 0.0358. The van der Waals surface area contributed by atoms with E-state index in [2.05, 4.69) is 10.6 Å². The largest absolute Gasteiger partial charge is 0.388 e. The maximum absolute atomic E-state index is 11.9. The average molecular weight is 256 g/mol. The lowest BCUT2D eigenvalue weighted by atomic mass is 9.94. The second-order valence-electron chi connectivity index (χ2n) is 5.57. The van der Waals surface area contributed by atoms with Crippen molar-refractivity contribution in [2.24, 2.45) is 5.92 Å². The van der Waals surface area contributed by atoms with E-state index in [-0.39, 0.29) is 11.8 Å². The van der Waals surface area contributed by atoms with Crippen LogP contribution in [0.15, 0.2) is 0 Å². The van der Waals surface area contributed by atoms with E-state index in [1.165, 1.54) is 12.8 Å². The number of amides is 1. The van der Waals surface area contributed by atoms with Crippen molar-refractivity contribution in [3.63, 3.8) is 0 Å². The highest BCUT2D eigenvalue weighted by molar-refractivity contribution is 5.78. The molecule has 0 aromatic carbocycles. The molecule has 0 bridgehead atoms. The van der Waals surface area contributed by atoms with Gasteiger partial charge in [0.25, 0.3) is 0 Å². The van der Waals surface area contributed by atoms with Gasteiger partial charge >= 0.3 is 0 Å². The maximum Gasteiger partial charge on any atom is 0.224 e. The summed E-state index contributed by atoms with van der Waals surface area (Å²) in [6, 6.07) is 0. The molecule has 4 heteroatoms. The van der Waals surface area contributed by atoms with Crippen LogP contribution in [0.3, 0.4) is 0 Å². The van der Waals surface area contributed by atoms with Gasteiger partial charge in [0.1, 0.15) is 0 Å². The van der Waals surface area contributed by atoms with Gasteiger partial charge in [-0.25, -0.2) is 0 Å². The van der Waals surface area contributed by atoms with E-state index >= 15 is 0 Å². The van der Waals surface area contributed by atoms with Gasteiger partial charge in [0.05, 0.1) is 5.60 Å². The molecular formula is C14H28N2O2. The number of rotatable bonds is 6. The van der Waals surface area contributed by atoms with E-state index < -0.39 is 5.60 Å². The van der Waals surface area contributed by atoms with Crippen molar-refractivity contribution >= 4 is 5.91 Å². The third-order valence-corrected chi connectivity index (χ3v) is 3.77. The molecule has 1 unspecified atom stereocenters. The lowest BCUT2D eigenvalue weighted by Gasteiger charge is -2.27. The summed E-state index contributed by atoms with van der Waals surface area (Å²) < 4.78 is 0. The average Bonchev–Trinajstić information content (AvgIpc) is 2.58. The van der Waals surface area contributed by atoms with Crippen molar-refractivity contribution in [3.05, 3.63) is 0 Å². The van der Waals surface area contributed by atoms with E-state index in [1.54, 1.807) is 0 Å². The number of aliphatic hydroxyl groups is 1. The Labute approximate surface area is 111 Å². The van der Waals surface area contributed by atoms with Crippen LogP contribution in [0.1, 0.15) is 52.4 Å². The third-order valence-electron chi connectivity index (χ3n) is 3.77. The molecule has 1 atom stereocenters. The van der Waals surface area contributed by atoms with Crippen LogP contribution >= 0.6 is 0 Å². The molecule has 1 amide bonds. The van der Waals surface area contributed by atoms with Crippen molar-refractivity contribution in [3.8, 4) is 0 Å². The van der Waals surface area contributed by atoms with Crippen molar-refractivity contribution in [2.75, 3.05) is 19.6 Å². The van der Waals surface area contributed by atoms with Gasteiger partial charge in [-0.3, -0.25) is 4.79 Å². The lowest BCUT2D eigenvalue weighted by molar-refractivity contribution is -0.125. The molecule has 1 aliphatic rings. The summed E-state index contributed by atoms with van der Waals surface area (Å²) in [6.45, 7) is 5.92. The molecule has 18 heavy (non-hydrogen) atoms. The zero-order valence-corrected chi connectivity index (χ0v) is 11.8. The Morgan fingerprint density at radius 3 is 2.44 bits per heavy atom. The lowest BCUT2D eigenvalue weighted by Crippen LogP contribution is -2.45. The number of carbonyl (C=O) groups is 1. The van der Waals surface area contributed by atoms with Gasteiger partial charge in [-0.05, 0) is 19.4 Å². The summed E-state index contributed by atoms with van der Waals surface area (Å²) in [5.41, 5.74) is -0.677. The predicted octanol–water partition coefficient (Wildman–Crippen LogP) is 1.43. The number of nitrogens with one attached hydrogen (secondary N) is 2. The molecule has 106 valence electrons. The normalized spacial score (nSPS) is 21.1. The fraction of sp³-hybridized carbons (Fsp3) is 0.929. The maximum atomic E-state index is 11.9. The summed E-state index contributed by atoms with van der Waals surface area (Å²) in [5, 5.41) is 16.5. The van der Waals surface area contributed by atoms with Gasteiger partial charge in [0.2, 0.25) is 5.91 Å². The number of hydrogen-bond donors (Lipinski definition) is 3. The first-order chi connectivity index (χ1) is 8.57. The van der Waals surface area contributed by atoms with Crippen molar-refractivity contribution in [1.82, 2.24) is 10.6 Å². The van der Waals surface area contributed by atoms with Crippen molar-refractivity contribution < 1.29 is 9.90 Å². The van der Waals surface area contributed by atoms with Gasteiger partial charge in [-0.1, -0.05) is 39.5 Å². The van der Waals surface area contributed by atoms with Crippen LogP contribution in [0.4, 0.5) is 0 Å². The fourth-order valence-corrected chi connectivity index (χ4v) is 2.44. The topological polar surface area (TPSA) is 61.4 Å². The van der Waals surface area contributed by atoms with Gasteiger partial charge < -0.3 is 15.7 Å². The summed E-state index contributed by atoms with van der Waals surface area (Å²) in [5.74, 6) is -0.00653. The van der Waals surface area contributed by atoms with Gasteiger partial charge in [0.15, 0.2) is 0 Å². The molecule has 1 aliphatic carbocycles. The highest BCUT2D eigenvalue weighted by Crippen LogP contribution is 2.26. The molecule has 0 saturated heterocycles. The van der Waals surface area contributed by atoms with Gasteiger partial charge in [-0.15, -0.1) is 0 Å². The Morgan fingerprint density at radius 1 is 1.28 bits per heavy atom. The Kier molecular flexibility index (Phi) is 6.65. The Bertz CT molecular complexity index is 248. The van der Waals surface area contributed by atoms with Crippen molar-refractivity contribution in [2.45, 2.75) is 58.0 Å². The molecule has 0 heterocycles. The first-order valence-electron chi connectivity index (χ1n) is 7.28. The summed E-state index contributed by atoms with van der Waals surface area (Å²) in [4.78, 5) is 11.9. The third kappa shape index (κ3) is 5.36. The SMILES string of the molecule is CCNCC(C)C(=O)NCC1(O)CCCCCC1. The van der Waals surface area contributed by atoms with Crippen LogP contribution in [-0.2, 0) is 4.79 Å². The highest BCUT2D eigenvalue weighted by Gasteiger charge is 2.28. The summed E-state index contributed by atoms with van der Waals surface area (Å²) >= 11 is 0. The molecule has 4 nitrogen and oxygen atoms in total. The molecule has 1 saturated carbocycles. The van der Waals surface area contributed by atoms with Crippen LogP contribution < -0.4 is 10.6 Å². The molecule has 0 spiro atoms. The summed E-state index contributed by atoms with van der Waals surface area (Å²) in [6.07, 6.45) is 6.17. The van der Waals surface area contributed by atoms with Crippen LogP contribution in [0.5, 0.6) is 0 Å². The van der Waals surface area contributed by atoms with Crippen LogP contribution in [0, 0.1) is 5.92 Å². The van der Waals surface area contributed by atoms with E-state index in [9.17, 15) is 9.90 Å². The molecule has 3 N–H and O–H groups in total. The Balaban J connectivity index is 2.31. The van der Waals surface area contributed by atoms with Crippen LogP contribution in [-0.4, -0.2) is 36.2 Å². The predicted molar refractivity (Wildman–Crippen MR) is 73.4 cm³/mol. The summed E-state index contributed by atoms with van der Waals surface area (Å²) in [7, 11) is 0. The molecule has 1 fully saturated rings. The van der Waals surface area contributed by atoms with E-state index in [0.29, 0.717) is 13.1 Å². The van der Waals surface area contributed by atoms with E-state index in [0.717, 1.165) is 32.2 Å². The monoisotopic (exact) mass is 256 g/mol. The number of hydrogen-bond acceptors (Lipinski definition) is 3. The minimum Gasteiger partial charge on any atom is -0.388 e. The quantitative estimate of drug-likeness (QED) is 0.630. The molecular weight excluding hydrogens is 228 g/mol. The molecule has 0 aromatic heterocycles. The second kappa shape index (κ2) is 7.74. The molecule has 0 aliphatic heterocycles. The molecule has 0 aromatic rings. The number of carbonyl (C=O) groups excluding carboxylic acids is 1. The van der Waals surface area contributed by atoms with E-state index in [1.807, 2.05) is 13.8 Å².